The van der Waals surface area contributed by atoms with Crippen LogP contribution in [-0.2, 0) is 9.31 Å². The molecule has 0 aromatic carbocycles. The van der Waals surface area contributed by atoms with E-state index < -0.39 is 7.12 Å². The molecule has 1 N–H and O–H groups in total. The second-order valence-electron chi connectivity index (χ2n) is 6.75. The molecule has 0 spiro atoms. The summed E-state index contributed by atoms with van der Waals surface area (Å²) in [6.07, 6.45) is 6.20. The van der Waals surface area contributed by atoms with Gasteiger partial charge in [0.1, 0.15) is 0 Å². The van der Waals surface area contributed by atoms with Crippen molar-refractivity contribution in [2.24, 2.45) is 5.92 Å². The first-order valence-corrected chi connectivity index (χ1v) is 7.29. The summed E-state index contributed by atoms with van der Waals surface area (Å²) < 4.78 is 12.0. The third kappa shape index (κ3) is 2.67. The van der Waals surface area contributed by atoms with Gasteiger partial charge >= 0.3 is 7.12 Å². The Balaban J connectivity index is 1.65. The molecule has 0 atom stereocenters. The van der Waals surface area contributed by atoms with Crippen molar-refractivity contribution in [1.82, 2.24) is 9.97 Å². The Morgan fingerprint density at radius 1 is 1.15 bits per heavy atom. The lowest BCUT2D eigenvalue weighted by Gasteiger charge is -2.32. The number of hydrogen-bond acceptors (Lipinski definition) is 5. The number of aromatic nitrogens is 2. The third-order valence-corrected chi connectivity index (χ3v) is 4.44. The molecule has 0 bridgehead atoms. The fraction of sp³-hybridized carbons (Fsp3) is 0.714. The first-order valence-electron chi connectivity index (χ1n) is 7.29. The molecule has 20 heavy (non-hydrogen) atoms. The van der Waals surface area contributed by atoms with Gasteiger partial charge in [-0.15, -0.1) is 0 Å². The van der Waals surface area contributed by atoms with Gasteiger partial charge in [-0.25, -0.2) is 9.97 Å². The van der Waals surface area contributed by atoms with E-state index in [9.17, 15) is 0 Å². The van der Waals surface area contributed by atoms with Crippen molar-refractivity contribution in [1.29, 1.82) is 0 Å². The molecular formula is C14H22BN3O2. The lowest BCUT2D eigenvalue weighted by atomic mass is 9.81. The van der Waals surface area contributed by atoms with Gasteiger partial charge in [0.25, 0.3) is 0 Å². The zero-order valence-electron chi connectivity index (χ0n) is 12.6. The van der Waals surface area contributed by atoms with Crippen molar-refractivity contribution in [2.45, 2.75) is 51.7 Å². The molecule has 2 heterocycles. The number of nitrogens with zero attached hydrogens (tertiary/aromatic N) is 2. The van der Waals surface area contributed by atoms with Gasteiger partial charge in [-0.05, 0) is 46.5 Å². The Morgan fingerprint density at radius 2 is 1.70 bits per heavy atom. The topological polar surface area (TPSA) is 56.3 Å². The number of nitrogens with one attached hydrogen (secondary N) is 1. The fourth-order valence-corrected chi connectivity index (χ4v) is 2.09. The molecule has 0 amide bonds. The number of anilines is 1. The van der Waals surface area contributed by atoms with Crippen LogP contribution in [0.1, 0.15) is 40.5 Å². The van der Waals surface area contributed by atoms with Crippen molar-refractivity contribution in [3.8, 4) is 0 Å². The summed E-state index contributed by atoms with van der Waals surface area (Å²) >= 11 is 0. The van der Waals surface area contributed by atoms with Crippen LogP contribution < -0.4 is 10.8 Å². The van der Waals surface area contributed by atoms with E-state index in [-0.39, 0.29) is 11.2 Å². The van der Waals surface area contributed by atoms with Gasteiger partial charge in [0.05, 0.1) is 11.2 Å². The van der Waals surface area contributed by atoms with E-state index in [2.05, 4.69) is 15.3 Å². The van der Waals surface area contributed by atoms with Gasteiger partial charge in [0.2, 0.25) is 5.95 Å². The van der Waals surface area contributed by atoms with Crippen LogP contribution in [0, 0.1) is 5.92 Å². The van der Waals surface area contributed by atoms with Crippen LogP contribution in [0.3, 0.4) is 0 Å². The molecule has 108 valence electrons. The fourth-order valence-electron chi connectivity index (χ4n) is 2.09. The molecule has 1 saturated carbocycles. The lowest BCUT2D eigenvalue weighted by molar-refractivity contribution is 0.00578. The van der Waals surface area contributed by atoms with Gasteiger partial charge in [0.15, 0.2) is 0 Å². The molecular weight excluding hydrogens is 253 g/mol. The Labute approximate surface area is 120 Å². The number of hydrogen-bond donors (Lipinski definition) is 1. The molecule has 6 heteroatoms. The summed E-state index contributed by atoms with van der Waals surface area (Å²) in [6.45, 7) is 9.13. The van der Waals surface area contributed by atoms with E-state index in [0.717, 1.165) is 17.9 Å². The predicted molar refractivity (Wildman–Crippen MR) is 79.0 cm³/mol. The molecule has 2 fully saturated rings. The molecule has 1 aromatic heterocycles. The van der Waals surface area contributed by atoms with Crippen LogP contribution in [0.15, 0.2) is 12.4 Å². The summed E-state index contributed by atoms with van der Waals surface area (Å²) in [4.78, 5) is 8.67. The van der Waals surface area contributed by atoms with Crippen molar-refractivity contribution in [2.75, 3.05) is 11.9 Å². The quantitative estimate of drug-likeness (QED) is 0.846. The van der Waals surface area contributed by atoms with Gasteiger partial charge in [0, 0.05) is 24.4 Å². The molecule has 5 nitrogen and oxygen atoms in total. The van der Waals surface area contributed by atoms with Crippen molar-refractivity contribution in [3.63, 3.8) is 0 Å². The summed E-state index contributed by atoms with van der Waals surface area (Å²) in [6, 6.07) is 0. The second-order valence-corrected chi connectivity index (χ2v) is 6.75. The highest BCUT2D eigenvalue weighted by Gasteiger charge is 2.51. The van der Waals surface area contributed by atoms with Gasteiger partial charge in [-0.3, -0.25) is 0 Å². The zero-order chi connectivity index (χ0) is 14.4. The maximum atomic E-state index is 5.98. The van der Waals surface area contributed by atoms with Crippen molar-refractivity contribution < 1.29 is 9.31 Å². The van der Waals surface area contributed by atoms with E-state index in [4.69, 9.17) is 9.31 Å². The molecule has 2 aliphatic rings. The Kier molecular flexibility index (Phi) is 3.25. The molecule has 0 radical (unpaired) electrons. The molecule has 1 aliphatic carbocycles. The minimum atomic E-state index is -0.391. The first-order chi connectivity index (χ1) is 9.37. The zero-order valence-corrected chi connectivity index (χ0v) is 12.6. The predicted octanol–water partition coefficient (Wildman–Crippen LogP) is 1.60. The monoisotopic (exact) mass is 275 g/mol. The van der Waals surface area contributed by atoms with Crippen LogP contribution in [0.4, 0.5) is 5.95 Å². The Morgan fingerprint density at radius 3 is 2.20 bits per heavy atom. The van der Waals surface area contributed by atoms with E-state index in [1.165, 1.54) is 12.8 Å². The number of rotatable bonds is 4. The normalized spacial score (nSPS) is 23.9. The minimum Gasteiger partial charge on any atom is -0.399 e. The van der Waals surface area contributed by atoms with Crippen LogP contribution in [0.2, 0.25) is 0 Å². The highest BCUT2D eigenvalue weighted by molar-refractivity contribution is 6.61. The molecule has 1 saturated heterocycles. The summed E-state index contributed by atoms with van der Waals surface area (Å²) in [7, 11) is -0.391. The lowest BCUT2D eigenvalue weighted by Crippen LogP contribution is -2.41. The molecule has 1 aliphatic heterocycles. The molecule has 0 unspecified atom stereocenters. The van der Waals surface area contributed by atoms with E-state index in [0.29, 0.717) is 5.95 Å². The average Bonchev–Trinajstić information content (AvgIpc) is 3.16. The third-order valence-electron chi connectivity index (χ3n) is 4.44. The van der Waals surface area contributed by atoms with Gasteiger partial charge < -0.3 is 14.6 Å². The van der Waals surface area contributed by atoms with Crippen molar-refractivity contribution in [3.05, 3.63) is 12.4 Å². The smallest absolute Gasteiger partial charge is 0.399 e. The maximum Gasteiger partial charge on any atom is 0.498 e. The van der Waals surface area contributed by atoms with Crippen LogP contribution in [0.5, 0.6) is 0 Å². The summed E-state index contributed by atoms with van der Waals surface area (Å²) in [5, 5.41) is 3.25. The van der Waals surface area contributed by atoms with E-state index in [1.807, 2.05) is 27.7 Å². The Hall–Kier alpha value is -1.14. The highest BCUT2D eigenvalue weighted by atomic mass is 16.7. The van der Waals surface area contributed by atoms with Crippen LogP contribution >= 0.6 is 0 Å². The minimum absolute atomic E-state index is 0.333. The molecule has 1 aromatic rings. The van der Waals surface area contributed by atoms with Gasteiger partial charge in [-0.1, -0.05) is 0 Å². The van der Waals surface area contributed by atoms with Crippen molar-refractivity contribution >= 4 is 18.5 Å². The van der Waals surface area contributed by atoms with E-state index in [1.54, 1.807) is 12.4 Å². The van der Waals surface area contributed by atoms with E-state index >= 15 is 0 Å². The maximum absolute atomic E-state index is 5.98. The second kappa shape index (κ2) is 4.70. The SMILES string of the molecule is CC1(C)OB(c2cnc(NCC3CC3)nc2)OC1(C)C. The standard InChI is InChI=1S/C14H22BN3O2/c1-13(2)14(3,4)20-15(19-13)11-8-17-12(18-9-11)16-7-10-5-6-10/h8-10H,5-7H2,1-4H3,(H,16,17,18). The highest BCUT2D eigenvalue weighted by Crippen LogP contribution is 2.36. The first kappa shape index (κ1) is 13.8. The summed E-state index contributed by atoms with van der Waals surface area (Å²) in [5.74, 6) is 1.48. The molecule has 3 rings (SSSR count). The average molecular weight is 275 g/mol. The Bertz CT molecular complexity index is 470. The van der Waals surface area contributed by atoms with Gasteiger partial charge in [-0.2, -0.15) is 0 Å². The van der Waals surface area contributed by atoms with Crippen LogP contribution in [0.25, 0.3) is 0 Å². The largest absolute Gasteiger partial charge is 0.498 e. The summed E-state index contributed by atoms with van der Waals surface area (Å²) in [5.41, 5.74) is 0.196. The van der Waals surface area contributed by atoms with Crippen LogP contribution in [-0.4, -0.2) is 34.8 Å².